The molecule has 4 saturated heterocycles. The Morgan fingerprint density at radius 2 is 1.03 bits per heavy atom. The summed E-state index contributed by atoms with van der Waals surface area (Å²) in [5.41, 5.74) is 0. The number of aliphatic hydroxyl groups excluding tert-OH is 6. The van der Waals surface area contributed by atoms with Crippen molar-refractivity contribution in [3.63, 3.8) is 0 Å². The number of rotatable bonds is 15. The van der Waals surface area contributed by atoms with Gasteiger partial charge in [-0.25, -0.2) is 9.59 Å². The number of allylic oxidation sites excluding steroid dienone is 4. The first-order valence-electron chi connectivity index (χ1n) is 26.8. The van der Waals surface area contributed by atoms with Gasteiger partial charge < -0.3 is 78.4 Å². The molecule has 7 N–H and O–H groups in total. The Kier molecular flexibility index (Phi) is 22.3. The lowest BCUT2D eigenvalue weighted by Gasteiger charge is -2.52. The molecule has 5 aliphatic rings. The van der Waals surface area contributed by atoms with Crippen LogP contribution in [0.25, 0.3) is 0 Å². The minimum atomic E-state index is -1.87. The largest absolute Gasteiger partial charge is 0.458 e. The molecule has 0 unspecified atom stereocenters. The zero-order valence-electron chi connectivity index (χ0n) is 45.3. The second-order valence-electron chi connectivity index (χ2n) is 21.8. The van der Waals surface area contributed by atoms with Crippen molar-refractivity contribution in [2.75, 3.05) is 7.11 Å². The average Bonchev–Trinajstić information content (AvgIpc) is 3.33. The number of hydrogen-bond acceptors (Lipinski definition) is 18. The smallest absolute Gasteiger partial charge is 0.331 e. The van der Waals surface area contributed by atoms with E-state index in [1.54, 1.807) is 58.9 Å². The first-order chi connectivity index (χ1) is 34.3. The van der Waals surface area contributed by atoms with E-state index in [4.69, 9.17) is 42.6 Å². The predicted octanol–water partition coefficient (Wildman–Crippen LogP) is 4.77. The van der Waals surface area contributed by atoms with Crippen LogP contribution in [0.15, 0.2) is 48.6 Å². The Balaban J connectivity index is 1.30. The fraction of sp³-hybridized carbons (Fsp3) is 0.818. The molecule has 5 heterocycles. The zero-order chi connectivity index (χ0) is 54.3. The number of hydrogen-bond donors (Lipinski definition) is 7. The number of methoxy groups -OCH3 is 1. The molecule has 0 spiro atoms. The average molecular weight is 1040 g/mol. The van der Waals surface area contributed by atoms with Gasteiger partial charge in [-0.05, 0) is 40.5 Å². The number of cyclic esters (lactones) is 2. The number of esters is 2. The van der Waals surface area contributed by atoms with Crippen molar-refractivity contribution in [3.8, 4) is 0 Å². The number of carbonyl (C=O) groups excluding carboxylic acids is 2. The maximum absolute atomic E-state index is 13.6. The summed E-state index contributed by atoms with van der Waals surface area (Å²) in [7, 11) is 1.52. The molecular weight excluding hydrogens is 949 g/mol. The summed E-state index contributed by atoms with van der Waals surface area (Å²) in [6.45, 7) is 21.8. The van der Waals surface area contributed by atoms with Crippen molar-refractivity contribution in [2.24, 2.45) is 47.3 Å². The van der Waals surface area contributed by atoms with E-state index in [2.05, 4.69) is 0 Å². The van der Waals surface area contributed by atoms with Crippen molar-refractivity contribution >= 4 is 11.9 Å². The minimum absolute atomic E-state index is 0.0207. The highest BCUT2D eigenvalue weighted by Crippen LogP contribution is 2.46. The minimum Gasteiger partial charge on any atom is -0.458 e. The molecule has 18 heteroatoms. The van der Waals surface area contributed by atoms with E-state index in [1.165, 1.54) is 31.4 Å². The third-order valence-corrected chi connectivity index (χ3v) is 16.8. The first-order valence-corrected chi connectivity index (χ1v) is 26.8. The fourth-order valence-electron chi connectivity index (χ4n) is 11.9. The first kappa shape index (κ1) is 61.2. The van der Waals surface area contributed by atoms with Gasteiger partial charge in [0.05, 0.1) is 61.0 Å². The maximum atomic E-state index is 13.6. The summed E-state index contributed by atoms with van der Waals surface area (Å²) >= 11 is 0. The molecule has 0 aromatic rings. The van der Waals surface area contributed by atoms with Crippen molar-refractivity contribution in [3.05, 3.63) is 48.6 Å². The second-order valence-corrected chi connectivity index (χ2v) is 21.8. The molecule has 18 nitrogen and oxygen atoms in total. The zero-order valence-corrected chi connectivity index (χ0v) is 45.3. The van der Waals surface area contributed by atoms with Gasteiger partial charge in [-0.3, -0.25) is 0 Å². The lowest BCUT2D eigenvalue weighted by molar-refractivity contribution is -0.352. The molecule has 0 amide bonds. The Morgan fingerprint density at radius 1 is 0.616 bits per heavy atom. The molecule has 0 radical (unpaired) electrons. The number of aliphatic hydroxyl groups is 7. The quantitative estimate of drug-likeness (QED) is 0.109. The van der Waals surface area contributed by atoms with Crippen LogP contribution in [0.5, 0.6) is 0 Å². The number of carbonyl (C=O) groups is 2. The molecule has 0 aromatic carbocycles. The van der Waals surface area contributed by atoms with Crippen molar-refractivity contribution < 1.29 is 88.0 Å². The van der Waals surface area contributed by atoms with E-state index < -0.39 is 151 Å². The van der Waals surface area contributed by atoms with E-state index in [0.717, 1.165) is 0 Å². The lowest BCUT2D eigenvalue weighted by atomic mass is 9.76. The van der Waals surface area contributed by atoms with E-state index >= 15 is 0 Å². The van der Waals surface area contributed by atoms with Crippen LogP contribution in [0.1, 0.15) is 122 Å². The molecule has 0 aliphatic carbocycles. The van der Waals surface area contributed by atoms with Gasteiger partial charge in [0, 0.05) is 92.3 Å². The maximum Gasteiger partial charge on any atom is 0.331 e. The molecule has 26 atom stereocenters. The van der Waals surface area contributed by atoms with E-state index in [-0.39, 0.29) is 43.6 Å². The van der Waals surface area contributed by atoms with Gasteiger partial charge in [0.2, 0.25) is 0 Å². The third-order valence-electron chi connectivity index (χ3n) is 16.8. The normalized spacial score (nSPS) is 45.6. The van der Waals surface area contributed by atoms with Crippen LogP contribution >= 0.6 is 0 Å². The van der Waals surface area contributed by atoms with Crippen molar-refractivity contribution in [1.82, 2.24) is 0 Å². The van der Waals surface area contributed by atoms with Gasteiger partial charge >= 0.3 is 11.9 Å². The summed E-state index contributed by atoms with van der Waals surface area (Å²) in [4.78, 5) is 27.1. The predicted molar refractivity (Wildman–Crippen MR) is 268 cm³/mol. The van der Waals surface area contributed by atoms with Crippen LogP contribution in [0.3, 0.4) is 0 Å². The third kappa shape index (κ3) is 14.7. The topological polar surface area (TPSA) is 259 Å². The number of ether oxygens (including phenoxy) is 9. The molecule has 4 fully saturated rings. The Bertz CT molecular complexity index is 1850. The molecule has 5 aliphatic heterocycles. The van der Waals surface area contributed by atoms with Crippen LogP contribution in [-0.4, -0.2) is 164 Å². The molecule has 5 rings (SSSR count). The summed E-state index contributed by atoms with van der Waals surface area (Å²) in [5, 5.41) is 77.8. The van der Waals surface area contributed by atoms with Gasteiger partial charge in [0.15, 0.2) is 24.2 Å². The molecule has 0 bridgehead atoms. The van der Waals surface area contributed by atoms with Crippen LogP contribution < -0.4 is 0 Å². The van der Waals surface area contributed by atoms with E-state index in [0.29, 0.717) is 12.8 Å². The van der Waals surface area contributed by atoms with Crippen LogP contribution in [0.2, 0.25) is 0 Å². The highest BCUT2D eigenvalue weighted by Gasteiger charge is 2.55. The highest BCUT2D eigenvalue weighted by molar-refractivity contribution is 5.83. The molecular formula is C55H90O18. The van der Waals surface area contributed by atoms with Crippen LogP contribution in [0.4, 0.5) is 0 Å². The SMILES string of the molecule is CC[C@@H]1[C@@H](C)O[C@@](OC)([C@@H](C)[C@H](O)[C@H](C)[C@H]2OC(=O)/C=C\C=C/[C@H](C)[C@@H]([C@@H](C)[C@@H](O)[C@H](C)[C@@]3(O)C[C@@H](O[C@H]4C[C@H](O)[C@H](O)[C@H](C)O4)[C@H](CC)[C@@H](C)O3)OC(=O)/C=C\C=C/[C@@H]2C)C[C@H]1O[C@H]1C[C@H](O)[C@H](O)[C@H](C)O1. The van der Waals surface area contributed by atoms with Gasteiger partial charge in [0.1, 0.15) is 24.4 Å². The second kappa shape index (κ2) is 26.6. The van der Waals surface area contributed by atoms with E-state index in [9.17, 15) is 45.3 Å². The molecule has 418 valence electrons. The van der Waals surface area contributed by atoms with Gasteiger partial charge in [-0.1, -0.05) is 91.8 Å². The highest BCUT2D eigenvalue weighted by atomic mass is 16.7. The summed E-state index contributed by atoms with van der Waals surface area (Å²) in [5.74, 6) is -8.77. The standard InChI is InChI=1S/C55H90O18/c1-14-38-34(9)72-54(64,26-42(38)68-46-24-40(56)50(62)36(11)66-46)32(7)48(60)30(5)52-28(3)20-16-18-23-45(59)71-53(29(4)21-17-19-22-44(58)70-52)31(6)49(61)33(8)55(65-13)27-43(39(15-2)35(10)73-55)69-47-25-41(57)51(63)37(12)67-47/h16-23,28-43,46-53,56-57,60-64H,14-15,24-27H2,1-13H3/b20-16-,21-17-,22-19-,23-18-/t28-,29-,30-,31-,32-,33-,34+,35+,36-,37-,38+,39+,40-,41-,42+,43+,46-,47-,48+,49+,50+,51+,52-,53-,54+,55+/m0/s1. The lowest BCUT2D eigenvalue weighted by Crippen LogP contribution is -2.60. The van der Waals surface area contributed by atoms with E-state index in [1.807, 2.05) is 48.5 Å². The molecule has 0 aromatic heterocycles. The Morgan fingerprint density at radius 3 is 1.44 bits per heavy atom. The van der Waals surface area contributed by atoms with Gasteiger partial charge in [-0.15, -0.1) is 0 Å². The monoisotopic (exact) mass is 1040 g/mol. The summed E-state index contributed by atoms with van der Waals surface area (Å²) in [6.07, 6.45) is 0.882. The van der Waals surface area contributed by atoms with Crippen molar-refractivity contribution in [1.29, 1.82) is 0 Å². The summed E-state index contributed by atoms with van der Waals surface area (Å²) in [6, 6.07) is 0. The van der Waals surface area contributed by atoms with Gasteiger partial charge in [-0.2, -0.15) is 0 Å². The van der Waals surface area contributed by atoms with Gasteiger partial charge in [0.25, 0.3) is 0 Å². The van der Waals surface area contributed by atoms with Crippen LogP contribution in [0, 0.1) is 47.3 Å². The van der Waals surface area contributed by atoms with Crippen molar-refractivity contribution in [2.45, 2.75) is 231 Å². The molecule has 73 heavy (non-hydrogen) atoms. The Labute approximate surface area is 433 Å². The summed E-state index contributed by atoms with van der Waals surface area (Å²) < 4.78 is 56.0. The Hall–Kier alpha value is -2.66. The fourth-order valence-corrected chi connectivity index (χ4v) is 11.9. The van der Waals surface area contributed by atoms with Crippen LogP contribution in [-0.2, 0) is 52.2 Å². The molecule has 0 saturated carbocycles.